The van der Waals surface area contributed by atoms with Gasteiger partial charge < -0.3 is 14.9 Å². The van der Waals surface area contributed by atoms with Crippen molar-refractivity contribution < 1.29 is 13.9 Å². The molecule has 0 unspecified atom stereocenters. The molecule has 2 N–H and O–H groups in total. The van der Waals surface area contributed by atoms with E-state index in [2.05, 4.69) is 0 Å². The maximum atomic E-state index is 13.3. The van der Waals surface area contributed by atoms with Crippen LogP contribution in [0.3, 0.4) is 0 Å². The Balaban J connectivity index is 1.97. The summed E-state index contributed by atoms with van der Waals surface area (Å²) in [5.41, 5.74) is 5.68. The number of hydrogen-bond donors (Lipinski definition) is 1. The molecule has 2 heterocycles. The van der Waals surface area contributed by atoms with Gasteiger partial charge >= 0.3 is 5.69 Å². The number of hydrogen-bond acceptors (Lipinski definition) is 7. The number of nitrogen functional groups attached to an aromatic ring is 1. The van der Waals surface area contributed by atoms with Crippen LogP contribution in [0.1, 0.15) is 28.6 Å². The second-order valence-corrected chi connectivity index (χ2v) is 7.37. The van der Waals surface area contributed by atoms with Crippen LogP contribution in [0.25, 0.3) is 0 Å². The third kappa shape index (κ3) is 5.24. The predicted molar refractivity (Wildman–Crippen MR) is 121 cm³/mol. The number of furan rings is 1. The number of Topliss-reactive ketones (excluding diaryl/α,β-unsaturated/α-hetero) is 1. The van der Waals surface area contributed by atoms with Gasteiger partial charge in [0.2, 0.25) is 0 Å². The van der Waals surface area contributed by atoms with Gasteiger partial charge in [-0.15, -0.1) is 0 Å². The van der Waals surface area contributed by atoms with Crippen LogP contribution in [0.4, 0.5) is 5.82 Å². The monoisotopic (exact) mass is 440 g/mol. The molecule has 9 heteroatoms. The molecule has 0 amide bonds. The molecule has 3 rings (SSSR count). The van der Waals surface area contributed by atoms with Crippen molar-refractivity contribution in [3.05, 3.63) is 86.5 Å². The molecular formula is C23H28N4O5. The molecule has 0 aliphatic carbocycles. The summed E-state index contributed by atoms with van der Waals surface area (Å²) in [7, 11) is 1.57. The zero-order valence-corrected chi connectivity index (χ0v) is 18.3. The summed E-state index contributed by atoms with van der Waals surface area (Å²) in [5.74, 6) is 0.101. The molecule has 0 bridgehead atoms. The lowest BCUT2D eigenvalue weighted by Gasteiger charge is -2.21. The highest BCUT2D eigenvalue weighted by molar-refractivity contribution is 6.01. The topological polar surface area (TPSA) is 113 Å². The molecule has 0 aliphatic rings. The minimum Gasteiger partial charge on any atom is -0.468 e. The molecule has 0 spiro atoms. The Morgan fingerprint density at radius 1 is 1.12 bits per heavy atom. The quantitative estimate of drug-likeness (QED) is 0.451. The van der Waals surface area contributed by atoms with Gasteiger partial charge in [-0.3, -0.25) is 23.6 Å². The van der Waals surface area contributed by atoms with E-state index in [1.165, 1.54) is 4.57 Å². The summed E-state index contributed by atoms with van der Waals surface area (Å²) in [6.45, 7) is 3.12. The van der Waals surface area contributed by atoms with Crippen molar-refractivity contribution in [3.8, 4) is 0 Å². The highest BCUT2D eigenvalue weighted by atomic mass is 16.5. The van der Waals surface area contributed by atoms with Crippen molar-refractivity contribution in [1.29, 1.82) is 0 Å². The number of carbonyl (C=O) groups excluding carboxylic acids is 1. The number of ketones is 1. The van der Waals surface area contributed by atoms with Crippen LogP contribution in [-0.2, 0) is 24.4 Å². The molecule has 170 valence electrons. The Morgan fingerprint density at radius 3 is 2.50 bits per heavy atom. The normalized spacial score (nSPS) is 11.2. The van der Waals surface area contributed by atoms with Gasteiger partial charge in [0, 0.05) is 20.2 Å². The summed E-state index contributed by atoms with van der Waals surface area (Å²) >= 11 is 0. The number of nitrogens with zero attached hydrogens (tertiary/aromatic N) is 3. The van der Waals surface area contributed by atoms with Crippen molar-refractivity contribution in [2.75, 3.05) is 32.5 Å². The fourth-order valence-corrected chi connectivity index (χ4v) is 3.51. The second kappa shape index (κ2) is 10.7. The Morgan fingerprint density at radius 2 is 1.88 bits per heavy atom. The number of aromatic nitrogens is 2. The van der Waals surface area contributed by atoms with E-state index in [-0.39, 0.29) is 31.0 Å². The van der Waals surface area contributed by atoms with Gasteiger partial charge in [-0.1, -0.05) is 30.3 Å². The Hall–Kier alpha value is -3.43. The Bertz CT molecular complexity index is 1150. The number of ether oxygens (including phenoxy) is 1. The molecule has 2 aromatic heterocycles. The molecule has 0 saturated heterocycles. The van der Waals surface area contributed by atoms with Gasteiger partial charge in [0.1, 0.15) is 17.1 Å². The maximum Gasteiger partial charge on any atom is 0.332 e. The van der Waals surface area contributed by atoms with Crippen LogP contribution in [0.2, 0.25) is 0 Å². The number of nitrogens with two attached hydrogens (primary N) is 1. The Kier molecular flexibility index (Phi) is 7.80. The molecule has 0 atom stereocenters. The number of methoxy groups -OCH3 is 1. The van der Waals surface area contributed by atoms with E-state index < -0.39 is 17.0 Å². The van der Waals surface area contributed by atoms with Crippen LogP contribution in [-0.4, -0.2) is 46.6 Å². The molecule has 0 fully saturated rings. The van der Waals surface area contributed by atoms with E-state index in [1.54, 1.807) is 26.4 Å². The van der Waals surface area contributed by atoms with Crippen LogP contribution in [0.15, 0.2) is 62.7 Å². The van der Waals surface area contributed by atoms with Crippen LogP contribution in [0, 0.1) is 0 Å². The average molecular weight is 441 g/mol. The van der Waals surface area contributed by atoms with E-state index in [0.29, 0.717) is 25.5 Å². The zero-order chi connectivity index (χ0) is 23.1. The fraction of sp³-hybridized carbons (Fsp3) is 0.348. The molecule has 32 heavy (non-hydrogen) atoms. The minimum absolute atomic E-state index is 0.0727. The van der Waals surface area contributed by atoms with Gasteiger partial charge in [0.25, 0.3) is 5.56 Å². The van der Waals surface area contributed by atoms with E-state index in [4.69, 9.17) is 14.9 Å². The summed E-state index contributed by atoms with van der Waals surface area (Å²) < 4.78 is 12.8. The smallest absolute Gasteiger partial charge is 0.332 e. The van der Waals surface area contributed by atoms with Crippen LogP contribution < -0.4 is 17.0 Å². The third-order valence-electron chi connectivity index (χ3n) is 5.18. The van der Waals surface area contributed by atoms with Gasteiger partial charge in [-0.2, -0.15) is 0 Å². The SMILES string of the molecule is CCn1c(=O)c(C(=O)CN(CCOC)Cc2ccco2)c(N)n(Cc2ccccc2)c1=O. The van der Waals surface area contributed by atoms with Crippen molar-refractivity contribution in [3.63, 3.8) is 0 Å². The largest absolute Gasteiger partial charge is 0.468 e. The van der Waals surface area contributed by atoms with Gasteiger partial charge in [-0.25, -0.2) is 4.79 Å². The first-order valence-corrected chi connectivity index (χ1v) is 10.4. The summed E-state index contributed by atoms with van der Waals surface area (Å²) in [4.78, 5) is 40.9. The first kappa shape index (κ1) is 23.2. The third-order valence-corrected chi connectivity index (χ3v) is 5.18. The van der Waals surface area contributed by atoms with Crippen molar-refractivity contribution in [1.82, 2.24) is 14.0 Å². The average Bonchev–Trinajstić information content (AvgIpc) is 3.29. The number of benzene rings is 1. The maximum absolute atomic E-state index is 13.3. The van der Waals surface area contributed by atoms with Crippen molar-refractivity contribution in [2.45, 2.75) is 26.6 Å². The van der Waals surface area contributed by atoms with Crippen molar-refractivity contribution >= 4 is 11.6 Å². The summed E-state index contributed by atoms with van der Waals surface area (Å²) in [6.07, 6.45) is 1.56. The van der Waals surface area contributed by atoms with E-state index in [0.717, 1.165) is 10.1 Å². The summed E-state index contributed by atoms with van der Waals surface area (Å²) in [6, 6.07) is 12.8. The van der Waals surface area contributed by atoms with Crippen LogP contribution >= 0.6 is 0 Å². The summed E-state index contributed by atoms with van der Waals surface area (Å²) in [5, 5.41) is 0. The fourth-order valence-electron chi connectivity index (χ4n) is 3.51. The van der Waals surface area contributed by atoms with Gasteiger partial charge in [0.05, 0.1) is 32.5 Å². The first-order chi connectivity index (χ1) is 15.5. The molecule has 0 aliphatic heterocycles. The number of carbonyl (C=O) groups is 1. The van der Waals surface area contributed by atoms with Crippen molar-refractivity contribution in [2.24, 2.45) is 0 Å². The molecule has 9 nitrogen and oxygen atoms in total. The Labute approximate surface area is 185 Å². The van der Waals surface area contributed by atoms with E-state index in [1.807, 2.05) is 41.3 Å². The molecule has 3 aromatic rings. The highest BCUT2D eigenvalue weighted by Crippen LogP contribution is 2.12. The molecular weight excluding hydrogens is 412 g/mol. The lowest BCUT2D eigenvalue weighted by atomic mass is 10.1. The molecule has 1 aromatic carbocycles. The van der Waals surface area contributed by atoms with Gasteiger partial charge in [-0.05, 0) is 24.6 Å². The zero-order valence-electron chi connectivity index (χ0n) is 18.3. The lowest BCUT2D eigenvalue weighted by molar-refractivity contribution is 0.0876. The lowest BCUT2D eigenvalue weighted by Crippen LogP contribution is -2.45. The predicted octanol–water partition coefficient (Wildman–Crippen LogP) is 1.58. The van der Waals surface area contributed by atoms with Crippen LogP contribution in [0.5, 0.6) is 0 Å². The highest BCUT2D eigenvalue weighted by Gasteiger charge is 2.24. The first-order valence-electron chi connectivity index (χ1n) is 10.4. The second-order valence-electron chi connectivity index (χ2n) is 7.37. The van der Waals surface area contributed by atoms with E-state index in [9.17, 15) is 14.4 Å². The number of rotatable bonds is 11. The minimum atomic E-state index is -0.672. The number of anilines is 1. The van der Waals surface area contributed by atoms with E-state index >= 15 is 0 Å². The molecule has 0 saturated carbocycles. The standard InChI is InChI=1S/C23H28N4O5/c1-3-26-22(29)20(21(24)27(23(26)30)14-17-8-5-4-6-9-17)19(28)16-25(11-13-31-2)15-18-10-7-12-32-18/h4-10,12H,3,11,13-16,24H2,1-2H3. The molecule has 0 radical (unpaired) electrons. The van der Waals surface area contributed by atoms with Gasteiger partial charge in [0.15, 0.2) is 5.78 Å².